The Morgan fingerprint density at radius 1 is 0.886 bits per heavy atom. The molecule has 0 radical (unpaired) electrons. The van der Waals surface area contributed by atoms with E-state index in [0.717, 1.165) is 4.31 Å². The maximum absolute atomic E-state index is 13.6. The SMILES string of the molecule is CNC(=O)C(C)N(Cc1ccccc1Cl)C(=O)CN(c1ccccc1Cl)S(=O)(=O)c1ccccc1. The van der Waals surface area contributed by atoms with E-state index < -0.39 is 34.4 Å². The average molecular weight is 534 g/mol. The number of benzene rings is 3. The van der Waals surface area contributed by atoms with Crippen molar-refractivity contribution in [2.45, 2.75) is 24.4 Å². The molecule has 0 heterocycles. The molecule has 0 spiro atoms. The van der Waals surface area contributed by atoms with Crippen LogP contribution in [0, 0.1) is 0 Å². The maximum Gasteiger partial charge on any atom is 0.264 e. The van der Waals surface area contributed by atoms with E-state index in [1.165, 1.54) is 30.1 Å². The van der Waals surface area contributed by atoms with Crippen molar-refractivity contribution < 1.29 is 18.0 Å². The summed E-state index contributed by atoms with van der Waals surface area (Å²) in [5.74, 6) is -0.999. The number of anilines is 1. The zero-order valence-electron chi connectivity index (χ0n) is 19.2. The molecule has 1 atom stereocenters. The van der Waals surface area contributed by atoms with Crippen molar-refractivity contribution in [2.75, 3.05) is 17.9 Å². The molecule has 184 valence electrons. The molecule has 0 bridgehead atoms. The lowest BCUT2D eigenvalue weighted by molar-refractivity contribution is -0.139. The number of likely N-dealkylation sites (N-methyl/N-ethyl adjacent to an activating group) is 1. The van der Waals surface area contributed by atoms with E-state index in [1.54, 1.807) is 67.6 Å². The molecule has 3 aromatic carbocycles. The van der Waals surface area contributed by atoms with E-state index >= 15 is 0 Å². The van der Waals surface area contributed by atoms with E-state index in [4.69, 9.17) is 23.2 Å². The highest BCUT2D eigenvalue weighted by Gasteiger charge is 2.33. The lowest BCUT2D eigenvalue weighted by atomic mass is 10.1. The van der Waals surface area contributed by atoms with Gasteiger partial charge in [0.05, 0.1) is 15.6 Å². The van der Waals surface area contributed by atoms with Gasteiger partial charge < -0.3 is 10.2 Å². The second-order valence-corrected chi connectivity index (χ2v) is 10.4. The molecule has 0 aliphatic carbocycles. The molecular formula is C25H25Cl2N3O4S. The fourth-order valence-corrected chi connectivity index (χ4v) is 5.43. The molecule has 7 nitrogen and oxygen atoms in total. The number of hydrogen-bond acceptors (Lipinski definition) is 4. The van der Waals surface area contributed by atoms with Gasteiger partial charge in [-0.25, -0.2) is 8.42 Å². The molecule has 0 aromatic heterocycles. The van der Waals surface area contributed by atoms with Gasteiger partial charge in [-0.1, -0.05) is 71.7 Å². The summed E-state index contributed by atoms with van der Waals surface area (Å²) in [5, 5.41) is 3.12. The van der Waals surface area contributed by atoms with Gasteiger partial charge in [-0.2, -0.15) is 0 Å². The van der Waals surface area contributed by atoms with Crippen molar-refractivity contribution in [1.82, 2.24) is 10.2 Å². The monoisotopic (exact) mass is 533 g/mol. The van der Waals surface area contributed by atoms with Crippen LogP contribution in [0.15, 0.2) is 83.8 Å². The third-order valence-corrected chi connectivity index (χ3v) is 7.91. The Bertz CT molecular complexity index is 1300. The van der Waals surface area contributed by atoms with Crippen LogP contribution in [0.5, 0.6) is 0 Å². The molecule has 0 saturated heterocycles. The first-order valence-corrected chi connectivity index (χ1v) is 12.9. The summed E-state index contributed by atoms with van der Waals surface area (Å²) in [6.45, 7) is 1.00. The predicted octanol–water partition coefficient (Wildman–Crippen LogP) is 4.35. The van der Waals surface area contributed by atoms with Crippen molar-refractivity contribution in [1.29, 1.82) is 0 Å². The fourth-order valence-electron chi connectivity index (χ4n) is 3.49. The average Bonchev–Trinajstić information content (AvgIpc) is 2.86. The van der Waals surface area contributed by atoms with Gasteiger partial charge in [0.1, 0.15) is 12.6 Å². The zero-order chi connectivity index (χ0) is 25.6. The number of sulfonamides is 1. The number of rotatable bonds is 9. The first kappa shape index (κ1) is 26.5. The quantitative estimate of drug-likeness (QED) is 0.442. The van der Waals surface area contributed by atoms with Gasteiger partial charge in [-0.3, -0.25) is 13.9 Å². The maximum atomic E-state index is 13.6. The van der Waals surface area contributed by atoms with Crippen molar-refractivity contribution in [3.05, 3.63) is 94.5 Å². The van der Waals surface area contributed by atoms with Crippen LogP contribution in [-0.4, -0.2) is 44.8 Å². The Hall–Kier alpha value is -3.07. The number of para-hydroxylation sites is 1. The molecule has 35 heavy (non-hydrogen) atoms. The summed E-state index contributed by atoms with van der Waals surface area (Å²) in [4.78, 5) is 27.4. The van der Waals surface area contributed by atoms with Crippen LogP contribution in [0.25, 0.3) is 0 Å². The Balaban J connectivity index is 2.05. The molecule has 0 fully saturated rings. The third-order valence-electron chi connectivity index (χ3n) is 5.44. The molecule has 0 aliphatic rings. The van der Waals surface area contributed by atoms with Crippen LogP contribution in [0.2, 0.25) is 10.0 Å². The van der Waals surface area contributed by atoms with Gasteiger partial charge in [0, 0.05) is 18.6 Å². The number of carbonyl (C=O) groups is 2. The van der Waals surface area contributed by atoms with E-state index in [2.05, 4.69) is 5.32 Å². The summed E-state index contributed by atoms with van der Waals surface area (Å²) in [6.07, 6.45) is 0. The van der Waals surface area contributed by atoms with Crippen LogP contribution in [-0.2, 0) is 26.2 Å². The Kier molecular flexibility index (Phi) is 8.77. The van der Waals surface area contributed by atoms with Crippen LogP contribution in [0.1, 0.15) is 12.5 Å². The van der Waals surface area contributed by atoms with E-state index in [0.29, 0.717) is 10.6 Å². The van der Waals surface area contributed by atoms with Crippen LogP contribution >= 0.6 is 23.2 Å². The van der Waals surface area contributed by atoms with Crippen LogP contribution < -0.4 is 9.62 Å². The second kappa shape index (κ2) is 11.6. The highest BCUT2D eigenvalue weighted by atomic mass is 35.5. The van der Waals surface area contributed by atoms with Crippen LogP contribution in [0.4, 0.5) is 5.69 Å². The Labute approximate surface area is 215 Å². The number of carbonyl (C=O) groups excluding carboxylic acids is 2. The number of nitrogens with zero attached hydrogens (tertiary/aromatic N) is 2. The molecular weight excluding hydrogens is 509 g/mol. The number of hydrogen-bond donors (Lipinski definition) is 1. The Morgan fingerprint density at radius 2 is 1.46 bits per heavy atom. The minimum atomic E-state index is -4.16. The topological polar surface area (TPSA) is 86.8 Å². The molecule has 0 saturated carbocycles. The van der Waals surface area contributed by atoms with Gasteiger partial charge in [-0.05, 0) is 42.8 Å². The first-order chi connectivity index (χ1) is 16.7. The number of amides is 2. The summed E-state index contributed by atoms with van der Waals surface area (Å²) in [7, 11) is -2.70. The van der Waals surface area contributed by atoms with Gasteiger partial charge >= 0.3 is 0 Å². The summed E-state index contributed by atoms with van der Waals surface area (Å²) in [5.41, 5.74) is 0.769. The molecule has 1 unspecified atom stereocenters. The van der Waals surface area contributed by atoms with Crippen molar-refractivity contribution in [2.24, 2.45) is 0 Å². The zero-order valence-corrected chi connectivity index (χ0v) is 21.5. The van der Waals surface area contributed by atoms with Crippen molar-refractivity contribution in [3.8, 4) is 0 Å². The standard InChI is InChI=1S/C25H25Cl2N3O4S/c1-18(25(32)28-2)29(16-19-10-6-7-13-21(19)26)24(31)17-30(23-15-9-8-14-22(23)27)35(33,34)20-11-4-3-5-12-20/h3-15,18H,16-17H2,1-2H3,(H,28,32). The van der Waals surface area contributed by atoms with Gasteiger partial charge in [0.25, 0.3) is 10.0 Å². The molecule has 10 heteroatoms. The molecule has 3 aromatic rings. The van der Waals surface area contributed by atoms with Crippen molar-refractivity contribution >= 4 is 50.7 Å². The normalized spacial score (nSPS) is 12.0. The molecule has 2 amide bonds. The summed E-state index contributed by atoms with van der Waals surface area (Å²) in [6, 6.07) is 20.2. The van der Waals surface area contributed by atoms with Crippen LogP contribution in [0.3, 0.4) is 0 Å². The van der Waals surface area contributed by atoms with E-state index in [-0.39, 0.29) is 22.2 Å². The first-order valence-electron chi connectivity index (χ1n) is 10.7. The highest BCUT2D eigenvalue weighted by Crippen LogP contribution is 2.30. The summed E-state index contributed by atoms with van der Waals surface area (Å²) >= 11 is 12.7. The molecule has 1 N–H and O–H groups in total. The lowest BCUT2D eigenvalue weighted by Gasteiger charge is -2.32. The third kappa shape index (κ3) is 6.14. The predicted molar refractivity (Wildman–Crippen MR) is 138 cm³/mol. The van der Waals surface area contributed by atoms with E-state index in [9.17, 15) is 18.0 Å². The smallest absolute Gasteiger partial charge is 0.264 e. The van der Waals surface area contributed by atoms with Gasteiger partial charge in [0.15, 0.2) is 0 Å². The lowest BCUT2D eigenvalue weighted by Crippen LogP contribution is -2.50. The number of nitrogens with one attached hydrogen (secondary N) is 1. The van der Waals surface area contributed by atoms with E-state index in [1.807, 2.05) is 0 Å². The minimum absolute atomic E-state index is 0.00437. The van der Waals surface area contributed by atoms with Gasteiger partial charge in [0.2, 0.25) is 11.8 Å². The number of halogens is 2. The highest BCUT2D eigenvalue weighted by molar-refractivity contribution is 7.92. The Morgan fingerprint density at radius 3 is 2.06 bits per heavy atom. The minimum Gasteiger partial charge on any atom is -0.357 e. The molecule has 0 aliphatic heterocycles. The van der Waals surface area contributed by atoms with Gasteiger partial charge in [-0.15, -0.1) is 0 Å². The fraction of sp³-hybridized carbons (Fsp3) is 0.200. The largest absolute Gasteiger partial charge is 0.357 e. The second-order valence-electron chi connectivity index (χ2n) is 7.68. The summed E-state index contributed by atoms with van der Waals surface area (Å²) < 4.78 is 28.2. The van der Waals surface area contributed by atoms with Crippen molar-refractivity contribution in [3.63, 3.8) is 0 Å². The molecule has 3 rings (SSSR count).